The number of pyridine rings is 1. The van der Waals surface area contributed by atoms with Gasteiger partial charge in [-0.1, -0.05) is 41.4 Å². The van der Waals surface area contributed by atoms with E-state index < -0.39 is 11.8 Å². The molecule has 5 nitrogen and oxygen atoms in total. The van der Waals surface area contributed by atoms with Crippen molar-refractivity contribution < 1.29 is 9.59 Å². The largest absolute Gasteiger partial charge is 0.350 e. The van der Waals surface area contributed by atoms with E-state index in [1.165, 1.54) is 4.90 Å². The molecule has 0 unspecified atom stereocenters. The number of nitrogens with one attached hydrogen (secondary N) is 1. The molecule has 3 aromatic rings. The number of carbonyl (C=O) groups excluding carboxylic acids is 2. The number of carbonyl (C=O) groups is 2. The van der Waals surface area contributed by atoms with E-state index in [0.717, 1.165) is 22.4 Å². The van der Waals surface area contributed by atoms with Gasteiger partial charge in [0, 0.05) is 28.7 Å². The highest BCUT2D eigenvalue weighted by molar-refractivity contribution is 6.41. The minimum atomic E-state index is -0.418. The standard InChI is InChI=1S/C24H19Cl2N3O2/c1-14-3-4-15(2)20(11-14)28-22-21(18-6-5-17(25)12-19(18)26)23(30)29(24(22)31)13-16-7-9-27-10-8-16/h3-12,28H,13H2,1-2H3. The molecule has 1 aliphatic rings. The van der Waals surface area contributed by atoms with Crippen LogP contribution in [0.2, 0.25) is 10.0 Å². The molecule has 0 spiro atoms. The Morgan fingerprint density at radius 3 is 2.39 bits per heavy atom. The summed E-state index contributed by atoms with van der Waals surface area (Å²) in [5.41, 5.74) is 4.40. The molecule has 2 aromatic carbocycles. The van der Waals surface area contributed by atoms with Gasteiger partial charge in [0.05, 0.1) is 17.1 Å². The molecule has 0 aliphatic carbocycles. The lowest BCUT2D eigenvalue weighted by Gasteiger charge is -2.16. The molecule has 1 aliphatic heterocycles. The van der Waals surface area contributed by atoms with E-state index in [2.05, 4.69) is 10.3 Å². The lowest BCUT2D eigenvalue weighted by molar-refractivity contribution is -0.137. The Bertz CT molecular complexity index is 1220. The summed E-state index contributed by atoms with van der Waals surface area (Å²) in [6, 6.07) is 14.3. The van der Waals surface area contributed by atoms with Gasteiger partial charge in [0.25, 0.3) is 11.8 Å². The van der Waals surface area contributed by atoms with Gasteiger partial charge >= 0.3 is 0 Å². The zero-order valence-electron chi connectivity index (χ0n) is 16.9. The first-order valence-corrected chi connectivity index (χ1v) is 10.4. The molecule has 0 bridgehead atoms. The van der Waals surface area contributed by atoms with Crippen molar-refractivity contribution in [3.8, 4) is 0 Å². The normalized spacial score (nSPS) is 13.9. The monoisotopic (exact) mass is 451 g/mol. The molecule has 156 valence electrons. The number of halogens is 2. The molecule has 7 heteroatoms. The molecule has 2 heterocycles. The first-order chi connectivity index (χ1) is 14.8. The van der Waals surface area contributed by atoms with Crippen LogP contribution in [0.5, 0.6) is 0 Å². The average Bonchev–Trinajstić information content (AvgIpc) is 2.96. The summed E-state index contributed by atoms with van der Waals surface area (Å²) in [5, 5.41) is 3.95. The lowest BCUT2D eigenvalue weighted by atomic mass is 10.0. The van der Waals surface area contributed by atoms with Crippen LogP contribution in [0, 0.1) is 13.8 Å². The Labute approximate surface area is 190 Å². The predicted octanol–water partition coefficient (Wildman–Crippen LogP) is 5.40. The second kappa shape index (κ2) is 8.53. The van der Waals surface area contributed by atoms with E-state index in [4.69, 9.17) is 23.2 Å². The molecule has 2 amide bonds. The van der Waals surface area contributed by atoms with Gasteiger partial charge in [-0.25, -0.2) is 0 Å². The van der Waals surface area contributed by atoms with Crippen LogP contribution in [0.15, 0.2) is 66.6 Å². The molecule has 31 heavy (non-hydrogen) atoms. The van der Waals surface area contributed by atoms with Gasteiger partial charge in [0.1, 0.15) is 5.70 Å². The van der Waals surface area contributed by atoms with Crippen molar-refractivity contribution in [2.45, 2.75) is 20.4 Å². The van der Waals surface area contributed by atoms with Crippen molar-refractivity contribution >= 4 is 46.3 Å². The summed E-state index contributed by atoms with van der Waals surface area (Å²) in [4.78, 5) is 32.0. The summed E-state index contributed by atoms with van der Waals surface area (Å²) < 4.78 is 0. The first kappa shape index (κ1) is 21.1. The summed E-state index contributed by atoms with van der Waals surface area (Å²) in [6.45, 7) is 4.04. The molecular weight excluding hydrogens is 433 g/mol. The summed E-state index contributed by atoms with van der Waals surface area (Å²) in [6.07, 6.45) is 3.25. The van der Waals surface area contributed by atoms with Gasteiger partial charge in [-0.15, -0.1) is 0 Å². The molecule has 0 fully saturated rings. The Balaban J connectivity index is 1.81. The Morgan fingerprint density at radius 2 is 1.68 bits per heavy atom. The average molecular weight is 452 g/mol. The molecular formula is C24H19Cl2N3O2. The number of rotatable bonds is 5. The second-order valence-corrected chi connectivity index (χ2v) is 8.21. The van der Waals surface area contributed by atoms with Crippen LogP contribution in [-0.2, 0) is 16.1 Å². The summed E-state index contributed by atoms with van der Waals surface area (Å²) in [5.74, 6) is -0.831. The van der Waals surface area contributed by atoms with Crippen molar-refractivity contribution in [3.63, 3.8) is 0 Å². The molecule has 1 N–H and O–H groups in total. The highest BCUT2D eigenvalue weighted by atomic mass is 35.5. The van der Waals surface area contributed by atoms with E-state index in [0.29, 0.717) is 15.6 Å². The van der Waals surface area contributed by atoms with Gasteiger partial charge in [0.15, 0.2) is 0 Å². The van der Waals surface area contributed by atoms with Crippen LogP contribution in [0.3, 0.4) is 0 Å². The van der Waals surface area contributed by atoms with Crippen molar-refractivity contribution in [3.05, 3.63) is 98.9 Å². The number of imide groups is 1. The highest BCUT2D eigenvalue weighted by Crippen LogP contribution is 2.36. The molecule has 0 radical (unpaired) electrons. The zero-order chi connectivity index (χ0) is 22.1. The van der Waals surface area contributed by atoms with Crippen LogP contribution in [-0.4, -0.2) is 21.7 Å². The zero-order valence-corrected chi connectivity index (χ0v) is 18.5. The third-order valence-electron chi connectivity index (χ3n) is 5.11. The maximum atomic E-state index is 13.4. The topological polar surface area (TPSA) is 62.3 Å². The van der Waals surface area contributed by atoms with E-state index in [1.807, 2.05) is 32.0 Å². The Hall–Kier alpha value is -3.15. The lowest BCUT2D eigenvalue weighted by Crippen LogP contribution is -2.32. The number of nitrogens with zero attached hydrogens (tertiary/aromatic N) is 2. The van der Waals surface area contributed by atoms with E-state index in [9.17, 15) is 9.59 Å². The van der Waals surface area contributed by atoms with Gasteiger partial charge in [-0.3, -0.25) is 19.5 Å². The SMILES string of the molecule is Cc1ccc(C)c(NC2=C(c3ccc(Cl)cc3Cl)C(=O)N(Cc3ccncc3)C2=O)c1. The first-order valence-electron chi connectivity index (χ1n) is 9.64. The van der Waals surface area contributed by atoms with E-state index in [1.54, 1.807) is 42.7 Å². The van der Waals surface area contributed by atoms with E-state index >= 15 is 0 Å². The molecule has 0 saturated heterocycles. The third kappa shape index (κ3) is 4.20. The predicted molar refractivity (Wildman–Crippen MR) is 123 cm³/mol. The maximum Gasteiger partial charge on any atom is 0.278 e. The van der Waals surface area contributed by atoms with Gasteiger partial charge in [-0.05, 0) is 60.9 Å². The fourth-order valence-electron chi connectivity index (χ4n) is 3.45. The quantitative estimate of drug-likeness (QED) is 0.527. The van der Waals surface area contributed by atoms with Crippen LogP contribution in [0.4, 0.5) is 5.69 Å². The number of benzene rings is 2. The third-order valence-corrected chi connectivity index (χ3v) is 5.66. The van der Waals surface area contributed by atoms with Crippen LogP contribution >= 0.6 is 23.2 Å². The second-order valence-electron chi connectivity index (χ2n) is 7.37. The fourth-order valence-corrected chi connectivity index (χ4v) is 3.96. The maximum absolute atomic E-state index is 13.4. The molecule has 4 rings (SSSR count). The van der Waals surface area contributed by atoms with Crippen LogP contribution in [0.1, 0.15) is 22.3 Å². The number of anilines is 1. The molecule has 0 saturated carbocycles. The Kier molecular flexibility index (Phi) is 5.81. The minimum Gasteiger partial charge on any atom is -0.350 e. The van der Waals surface area contributed by atoms with Gasteiger partial charge in [0.2, 0.25) is 0 Å². The Morgan fingerprint density at radius 1 is 0.935 bits per heavy atom. The van der Waals surface area contributed by atoms with Crippen LogP contribution < -0.4 is 5.32 Å². The van der Waals surface area contributed by atoms with Crippen molar-refractivity contribution in [1.29, 1.82) is 0 Å². The molecule has 1 aromatic heterocycles. The van der Waals surface area contributed by atoms with Crippen LogP contribution in [0.25, 0.3) is 5.57 Å². The van der Waals surface area contributed by atoms with Crippen molar-refractivity contribution in [2.24, 2.45) is 0 Å². The summed E-state index contributed by atoms with van der Waals surface area (Å²) >= 11 is 12.5. The summed E-state index contributed by atoms with van der Waals surface area (Å²) in [7, 11) is 0. The van der Waals surface area contributed by atoms with Gasteiger partial charge < -0.3 is 5.32 Å². The van der Waals surface area contributed by atoms with Crippen molar-refractivity contribution in [1.82, 2.24) is 9.88 Å². The number of amides is 2. The van der Waals surface area contributed by atoms with E-state index in [-0.39, 0.29) is 17.8 Å². The number of aromatic nitrogens is 1. The number of hydrogen-bond acceptors (Lipinski definition) is 4. The van der Waals surface area contributed by atoms with Crippen molar-refractivity contribution in [2.75, 3.05) is 5.32 Å². The number of aryl methyl sites for hydroxylation is 2. The smallest absolute Gasteiger partial charge is 0.278 e. The minimum absolute atomic E-state index is 0.132. The number of hydrogen-bond donors (Lipinski definition) is 1. The highest BCUT2D eigenvalue weighted by Gasteiger charge is 2.40. The fraction of sp³-hybridized carbons (Fsp3) is 0.125. The molecule has 0 atom stereocenters. The van der Waals surface area contributed by atoms with Gasteiger partial charge in [-0.2, -0.15) is 0 Å².